The fourth-order valence-corrected chi connectivity index (χ4v) is 3.64. The monoisotopic (exact) mass is 323 g/mol. The van der Waals surface area contributed by atoms with E-state index in [-0.39, 0.29) is 0 Å². The summed E-state index contributed by atoms with van der Waals surface area (Å²) in [6.07, 6.45) is 5.07. The van der Waals surface area contributed by atoms with Crippen molar-refractivity contribution in [2.45, 2.75) is 38.1 Å². The summed E-state index contributed by atoms with van der Waals surface area (Å²) in [7, 11) is 0. The molecule has 1 aliphatic heterocycles. The lowest BCUT2D eigenvalue weighted by Crippen LogP contribution is -2.32. The third-order valence-corrected chi connectivity index (χ3v) is 5.32. The van der Waals surface area contributed by atoms with Crippen LogP contribution >= 0.6 is 23.2 Å². The van der Waals surface area contributed by atoms with Gasteiger partial charge in [0.1, 0.15) is 5.82 Å². The van der Waals surface area contributed by atoms with Crippen LogP contribution in [0.5, 0.6) is 0 Å². The molecule has 0 spiro atoms. The van der Waals surface area contributed by atoms with Crippen LogP contribution in [0.2, 0.25) is 10.0 Å². The highest BCUT2D eigenvalue weighted by Gasteiger charge is 2.30. The molecule has 3 nitrogen and oxygen atoms in total. The Balaban J connectivity index is 1.76. The first-order chi connectivity index (χ1) is 10.2. The molecule has 1 aromatic carbocycles. The largest absolute Gasteiger partial charge is 0.327 e. The Morgan fingerprint density at radius 3 is 2.71 bits per heavy atom. The van der Waals surface area contributed by atoms with Crippen molar-refractivity contribution >= 4 is 34.2 Å². The average molecular weight is 324 g/mol. The Hall–Kier alpha value is -0.770. The van der Waals surface area contributed by atoms with Crippen LogP contribution in [0.1, 0.15) is 37.4 Å². The number of hydrogen-bond donors (Lipinski definition) is 1. The Labute approximate surface area is 134 Å². The number of imidazole rings is 1. The topological polar surface area (TPSA) is 29.9 Å². The van der Waals surface area contributed by atoms with Crippen molar-refractivity contribution in [2.75, 3.05) is 13.1 Å². The van der Waals surface area contributed by atoms with E-state index < -0.39 is 0 Å². The van der Waals surface area contributed by atoms with E-state index in [1.807, 2.05) is 12.1 Å². The fraction of sp³-hybridized carbons (Fsp3) is 0.562. The first-order valence-corrected chi connectivity index (χ1v) is 8.54. The van der Waals surface area contributed by atoms with Gasteiger partial charge in [0.2, 0.25) is 0 Å². The van der Waals surface area contributed by atoms with Gasteiger partial charge >= 0.3 is 0 Å². The fourth-order valence-electron chi connectivity index (χ4n) is 3.32. The third-order valence-electron chi connectivity index (χ3n) is 4.60. The summed E-state index contributed by atoms with van der Waals surface area (Å²) in [6, 6.07) is 3.88. The molecular weight excluding hydrogens is 305 g/mol. The zero-order valence-electron chi connectivity index (χ0n) is 11.9. The maximum Gasteiger partial charge on any atom is 0.113 e. The molecule has 1 aromatic heterocycles. The molecular formula is C16H19Cl2N3. The van der Waals surface area contributed by atoms with Crippen LogP contribution in [0, 0.1) is 5.92 Å². The maximum atomic E-state index is 6.22. The van der Waals surface area contributed by atoms with Gasteiger partial charge in [0.05, 0.1) is 21.1 Å². The molecule has 0 bridgehead atoms. The molecule has 1 aliphatic carbocycles. The van der Waals surface area contributed by atoms with Crippen LogP contribution in [0.3, 0.4) is 0 Å². The standard InChI is InChI=1S/C16H19Cl2N3/c17-12-6-14-15(7-13(12)18)21(16(20-14)11-3-4-11)9-10-2-1-5-19-8-10/h6-7,10-11,19H,1-5,8-9H2. The molecule has 112 valence electrons. The van der Waals surface area contributed by atoms with Gasteiger partial charge < -0.3 is 9.88 Å². The van der Waals surface area contributed by atoms with Gasteiger partial charge in [0.25, 0.3) is 0 Å². The second-order valence-electron chi connectivity index (χ2n) is 6.32. The normalized spacial score (nSPS) is 22.9. The lowest BCUT2D eigenvalue weighted by molar-refractivity contribution is 0.337. The maximum absolute atomic E-state index is 6.22. The number of rotatable bonds is 3. The first-order valence-electron chi connectivity index (χ1n) is 7.78. The minimum Gasteiger partial charge on any atom is -0.327 e. The van der Waals surface area contributed by atoms with Crippen LogP contribution in [0.15, 0.2) is 12.1 Å². The summed E-state index contributed by atoms with van der Waals surface area (Å²) in [5.74, 6) is 2.54. The van der Waals surface area contributed by atoms with E-state index in [0.29, 0.717) is 21.9 Å². The Bertz CT molecular complexity index is 670. The molecule has 4 rings (SSSR count). The third kappa shape index (κ3) is 2.67. The van der Waals surface area contributed by atoms with Crippen molar-refractivity contribution in [2.24, 2.45) is 5.92 Å². The predicted octanol–water partition coefficient (Wildman–Crippen LogP) is 4.22. The number of nitrogens with one attached hydrogen (secondary N) is 1. The molecule has 0 radical (unpaired) electrons. The van der Waals surface area contributed by atoms with Crippen LogP contribution in [0.4, 0.5) is 0 Å². The molecule has 2 aromatic rings. The molecule has 21 heavy (non-hydrogen) atoms. The molecule has 2 aliphatic rings. The van der Waals surface area contributed by atoms with Crippen LogP contribution < -0.4 is 5.32 Å². The summed E-state index contributed by atoms with van der Waals surface area (Å²) in [6.45, 7) is 3.29. The summed E-state index contributed by atoms with van der Waals surface area (Å²) >= 11 is 12.4. The van der Waals surface area contributed by atoms with Gasteiger partial charge in [-0.1, -0.05) is 23.2 Å². The zero-order chi connectivity index (χ0) is 14.4. The second kappa shape index (κ2) is 5.45. The minimum atomic E-state index is 0.593. The number of aromatic nitrogens is 2. The molecule has 1 atom stereocenters. The van der Waals surface area contributed by atoms with Crippen molar-refractivity contribution in [1.82, 2.24) is 14.9 Å². The SMILES string of the molecule is Clc1cc2nc(C3CC3)n(CC3CCCNC3)c2cc1Cl. The van der Waals surface area contributed by atoms with Crippen molar-refractivity contribution in [3.63, 3.8) is 0 Å². The van der Waals surface area contributed by atoms with E-state index in [2.05, 4.69) is 9.88 Å². The summed E-state index contributed by atoms with van der Waals surface area (Å²) in [5, 5.41) is 4.71. The molecule has 1 saturated heterocycles. The number of nitrogens with zero attached hydrogens (tertiary/aromatic N) is 2. The van der Waals surface area contributed by atoms with E-state index in [9.17, 15) is 0 Å². The number of benzene rings is 1. The van der Waals surface area contributed by atoms with Gasteiger partial charge in [-0.2, -0.15) is 0 Å². The van der Waals surface area contributed by atoms with Gasteiger partial charge in [0.15, 0.2) is 0 Å². The number of piperidine rings is 1. The highest BCUT2D eigenvalue weighted by molar-refractivity contribution is 6.42. The Morgan fingerprint density at radius 2 is 2.00 bits per heavy atom. The van der Waals surface area contributed by atoms with Crippen LogP contribution in [0.25, 0.3) is 11.0 Å². The molecule has 2 fully saturated rings. The quantitative estimate of drug-likeness (QED) is 0.916. The van der Waals surface area contributed by atoms with Crippen LogP contribution in [-0.4, -0.2) is 22.6 Å². The van der Waals surface area contributed by atoms with Crippen molar-refractivity contribution < 1.29 is 0 Å². The number of fused-ring (bicyclic) bond motifs is 1. The lowest BCUT2D eigenvalue weighted by Gasteiger charge is -2.24. The molecule has 1 N–H and O–H groups in total. The van der Waals surface area contributed by atoms with Crippen LogP contribution in [-0.2, 0) is 6.54 Å². The van der Waals surface area contributed by atoms with Crippen molar-refractivity contribution in [1.29, 1.82) is 0 Å². The lowest BCUT2D eigenvalue weighted by atomic mass is 9.99. The van der Waals surface area contributed by atoms with Gasteiger partial charge in [-0.15, -0.1) is 0 Å². The van der Waals surface area contributed by atoms with E-state index in [4.69, 9.17) is 28.2 Å². The molecule has 2 heterocycles. The van der Waals surface area contributed by atoms with Crippen molar-refractivity contribution in [3.8, 4) is 0 Å². The highest BCUT2D eigenvalue weighted by atomic mass is 35.5. The van der Waals surface area contributed by atoms with E-state index in [1.165, 1.54) is 31.5 Å². The zero-order valence-corrected chi connectivity index (χ0v) is 13.4. The van der Waals surface area contributed by atoms with Crippen molar-refractivity contribution in [3.05, 3.63) is 28.0 Å². The Kier molecular flexibility index (Phi) is 3.60. The highest BCUT2D eigenvalue weighted by Crippen LogP contribution is 2.42. The molecule has 1 unspecified atom stereocenters. The average Bonchev–Trinajstić information content (AvgIpc) is 3.27. The molecule has 1 saturated carbocycles. The summed E-state index contributed by atoms with van der Waals surface area (Å²) < 4.78 is 2.40. The second-order valence-corrected chi connectivity index (χ2v) is 7.14. The number of halogens is 2. The first kappa shape index (κ1) is 13.9. The Morgan fingerprint density at radius 1 is 1.19 bits per heavy atom. The van der Waals surface area contributed by atoms with Gasteiger partial charge in [0, 0.05) is 12.5 Å². The predicted molar refractivity (Wildman–Crippen MR) is 87.3 cm³/mol. The molecule has 5 heteroatoms. The van der Waals surface area contributed by atoms with Gasteiger partial charge in [-0.25, -0.2) is 4.98 Å². The van der Waals surface area contributed by atoms with E-state index in [0.717, 1.165) is 30.7 Å². The minimum absolute atomic E-state index is 0.593. The van der Waals surface area contributed by atoms with Gasteiger partial charge in [-0.3, -0.25) is 0 Å². The number of hydrogen-bond acceptors (Lipinski definition) is 2. The summed E-state index contributed by atoms with van der Waals surface area (Å²) in [4.78, 5) is 4.84. The van der Waals surface area contributed by atoms with E-state index in [1.54, 1.807) is 0 Å². The van der Waals surface area contributed by atoms with E-state index >= 15 is 0 Å². The van der Waals surface area contributed by atoms with Gasteiger partial charge in [-0.05, 0) is 56.8 Å². The molecule has 0 amide bonds. The summed E-state index contributed by atoms with van der Waals surface area (Å²) in [5.41, 5.74) is 2.12. The smallest absolute Gasteiger partial charge is 0.113 e.